The second kappa shape index (κ2) is 6.89. The molecule has 0 amide bonds. The van der Waals surface area contributed by atoms with Gasteiger partial charge in [-0.3, -0.25) is 14.4 Å². The molecule has 1 aliphatic carbocycles. The maximum Gasteiger partial charge on any atom is 0.310 e. The molecule has 0 fully saturated rings. The number of carbonyl (C=O) groups is 3. The molecule has 5 heteroatoms. The first kappa shape index (κ1) is 16.9. The highest BCUT2D eigenvalue weighted by molar-refractivity contribution is 6.13. The Kier molecular flexibility index (Phi) is 4.65. The number of aryl methyl sites for hydroxylation is 2. The van der Waals surface area contributed by atoms with E-state index in [4.69, 9.17) is 9.47 Å². The molecule has 0 spiro atoms. The van der Waals surface area contributed by atoms with Crippen LogP contribution >= 0.6 is 0 Å². The summed E-state index contributed by atoms with van der Waals surface area (Å²) >= 11 is 0. The van der Waals surface area contributed by atoms with E-state index in [9.17, 15) is 14.4 Å². The van der Waals surface area contributed by atoms with E-state index < -0.39 is 11.9 Å². The lowest BCUT2D eigenvalue weighted by molar-refractivity contribution is -0.134. The van der Waals surface area contributed by atoms with Crippen molar-refractivity contribution in [3.8, 4) is 11.5 Å². The van der Waals surface area contributed by atoms with Gasteiger partial charge in [-0.05, 0) is 30.0 Å². The molecule has 25 heavy (non-hydrogen) atoms. The molecule has 2 aromatic carbocycles. The summed E-state index contributed by atoms with van der Waals surface area (Å²) < 4.78 is 10.5. The van der Waals surface area contributed by atoms with E-state index in [0.717, 1.165) is 5.56 Å². The molecule has 0 radical (unpaired) electrons. The van der Waals surface area contributed by atoms with Gasteiger partial charge in [0.25, 0.3) is 0 Å². The molecule has 0 aromatic heterocycles. The van der Waals surface area contributed by atoms with Gasteiger partial charge in [0, 0.05) is 25.0 Å². The largest absolute Gasteiger partial charge is 0.426 e. The highest BCUT2D eigenvalue weighted by atomic mass is 16.5. The number of esters is 2. The number of ketones is 1. The van der Waals surface area contributed by atoms with E-state index in [2.05, 4.69) is 0 Å². The van der Waals surface area contributed by atoms with Crippen LogP contribution in [0, 0.1) is 0 Å². The number of hydrogen-bond donors (Lipinski definition) is 0. The van der Waals surface area contributed by atoms with Crippen molar-refractivity contribution in [1.82, 2.24) is 0 Å². The molecule has 0 bridgehead atoms. The molecule has 0 aliphatic heterocycles. The highest BCUT2D eigenvalue weighted by Crippen LogP contribution is 2.35. The van der Waals surface area contributed by atoms with Crippen molar-refractivity contribution in [3.05, 3.63) is 58.7 Å². The van der Waals surface area contributed by atoms with Gasteiger partial charge in [0.2, 0.25) is 0 Å². The van der Waals surface area contributed by atoms with Gasteiger partial charge in [-0.2, -0.15) is 0 Å². The van der Waals surface area contributed by atoms with Crippen molar-refractivity contribution in [1.29, 1.82) is 0 Å². The van der Waals surface area contributed by atoms with E-state index in [-0.39, 0.29) is 23.7 Å². The SMILES string of the molecule is CCC(=O)Oc1cc2c(c(OC(C)=O)c1)C(=O)c1ccccc1CC2. The minimum absolute atomic E-state index is 0.130. The van der Waals surface area contributed by atoms with Gasteiger partial charge in [0.15, 0.2) is 5.78 Å². The molecule has 0 saturated heterocycles. The summed E-state index contributed by atoms with van der Waals surface area (Å²) in [4.78, 5) is 36.1. The molecular weight excluding hydrogens is 320 g/mol. The van der Waals surface area contributed by atoms with Crippen molar-refractivity contribution < 1.29 is 23.9 Å². The first-order valence-electron chi connectivity index (χ1n) is 8.18. The van der Waals surface area contributed by atoms with Crippen molar-refractivity contribution >= 4 is 17.7 Å². The summed E-state index contributed by atoms with van der Waals surface area (Å²) in [6.45, 7) is 2.96. The molecule has 3 rings (SSSR count). The number of rotatable bonds is 3. The summed E-state index contributed by atoms with van der Waals surface area (Å²) in [5.74, 6) is -0.706. The first-order chi connectivity index (χ1) is 12.0. The molecule has 0 heterocycles. The molecule has 0 atom stereocenters. The molecule has 0 unspecified atom stereocenters. The maximum absolute atomic E-state index is 13.0. The van der Waals surface area contributed by atoms with Gasteiger partial charge >= 0.3 is 11.9 Å². The van der Waals surface area contributed by atoms with Crippen LogP contribution in [0.4, 0.5) is 0 Å². The Bertz CT molecular complexity index is 866. The van der Waals surface area contributed by atoms with Crippen molar-refractivity contribution in [2.75, 3.05) is 0 Å². The van der Waals surface area contributed by atoms with Crippen molar-refractivity contribution in [2.24, 2.45) is 0 Å². The minimum atomic E-state index is -0.536. The Labute approximate surface area is 145 Å². The normalized spacial score (nSPS) is 12.6. The standard InChI is InChI=1S/C20H18O5/c1-3-18(22)25-15-10-14-9-8-13-6-4-5-7-16(13)20(23)19(14)17(11-15)24-12(2)21/h4-7,10-11H,3,8-9H2,1-2H3. The fourth-order valence-electron chi connectivity index (χ4n) is 2.96. The monoisotopic (exact) mass is 338 g/mol. The first-order valence-corrected chi connectivity index (χ1v) is 8.18. The van der Waals surface area contributed by atoms with Crippen LogP contribution in [-0.2, 0) is 22.4 Å². The van der Waals surface area contributed by atoms with Gasteiger partial charge < -0.3 is 9.47 Å². The predicted octanol–water partition coefficient (Wildman–Crippen LogP) is 3.26. The van der Waals surface area contributed by atoms with Crippen LogP contribution < -0.4 is 9.47 Å². The Morgan fingerprint density at radius 3 is 2.48 bits per heavy atom. The number of fused-ring (bicyclic) bond motifs is 2. The van der Waals surface area contributed by atoms with Crippen LogP contribution in [0.25, 0.3) is 0 Å². The average molecular weight is 338 g/mol. The predicted molar refractivity (Wildman–Crippen MR) is 91.0 cm³/mol. The van der Waals surface area contributed by atoms with E-state index in [1.807, 2.05) is 18.2 Å². The number of carbonyl (C=O) groups excluding carboxylic acids is 3. The second-order valence-electron chi connectivity index (χ2n) is 5.86. The Morgan fingerprint density at radius 2 is 1.76 bits per heavy atom. The Balaban J connectivity index is 2.14. The number of ether oxygens (including phenoxy) is 2. The summed E-state index contributed by atoms with van der Waals surface area (Å²) in [6, 6.07) is 10.5. The molecule has 1 aliphatic rings. The highest BCUT2D eigenvalue weighted by Gasteiger charge is 2.26. The average Bonchev–Trinajstić information content (AvgIpc) is 2.72. The molecule has 0 N–H and O–H groups in total. The summed E-state index contributed by atoms with van der Waals surface area (Å²) in [7, 11) is 0. The molecular formula is C20H18O5. The Hall–Kier alpha value is -2.95. The smallest absolute Gasteiger partial charge is 0.310 e. The molecule has 0 saturated carbocycles. The molecule has 128 valence electrons. The summed E-state index contributed by atoms with van der Waals surface area (Å²) in [6.07, 6.45) is 1.49. The van der Waals surface area contributed by atoms with E-state index in [1.165, 1.54) is 13.0 Å². The van der Waals surface area contributed by atoms with Gasteiger partial charge in [-0.15, -0.1) is 0 Å². The van der Waals surface area contributed by atoms with Gasteiger partial charge in [-0.1, -0.05) is 31.2 Å². The van der Waals surface area contributed by atoms with Crippen LogP contribution in [0.5, 0.6) is 11.5 Å². The van der Waals surface area contributed by atoms with Crippen molar-refractivity contribution in [3.63, 3.8) is 0 Å². The van der Waals surface area contributed by atoms with Crippen LogP contribution in [0.3, 0.4) is 0 Å². The number of benzene rings is 2. The summed E-state index contributed by atoms with van der Waals surface area (Å²) in [5.41, 5.74) is 2.62. The lowest BCUT2D eigenvalue weighted by atomic mass is 9.97. The van der Waals surface area contributed by atoms with Gasteiger partial charge in [0.1, 0.15) is 11.5 Å². The quantitative estimate of drug-likeness (QED) is 0.635. The third-order valence-electron chi connectivity index (χ3n) is 4.08. The van der Waals surface area contributed by atoms with E-state index >= 15 is 0 Å². The zero-order valence-electron chi connectivity index (χ0n) is 14.1. The minimum Gasteiger partial charge on any atom is -0.426 e. The van der Waals surface area contributed by atoms with Crippen LogP contribution in [-0.4, -0.2) is 17.7 Å². The van der Waals surface area contributed by atoms with Gasteiger partial charge in [0.05, 0.1) is 5.56 Å². The van der Waals surface area contributed by atoms with E-state index in [1.54, 1.807) is 19.1 Å². The van der Waals surface area contributed by atoms with E-state index in [0.29, 0.717) is 29.5 Å². The van der Waals surface area contributed by atoms with Gasteiger partial charge in [-0.25, -0.2) is 0 Å². The fourth-order valence-corrected chi connectivity index (χ4v) is 2.96. The zero-order chi connectivity index (χ0) is 18.0. The Morgan fingerprint density at radius 1 is 1.04 bits per heavy atom. The third kappa shape index (κ3) is 3.45. The lowest BCUT2D eigenvalue weighted by Crippen LogP contribution is -2.12. The van der Waals surface area contributed by atoms with Crippen LogP contribution in [0.2, 0.25) is 0 Å². The molecule has 5 nitrogen and oxygen atoms in total. The zero-order valence-corrected chi connectivity index (χ0v) is 14.1. The van der Waals surface area contributed by atoms with Crippen molar-refractivity contribution in [2.45, 2.75) is 33.1 Å². The van der Waals surface area contributed by atoms with Crippen LogP contribution in [0.1, 0.15) is 47.3 Å². The third-order valence-corrected chi connectivity index (χ3v) is 4.08. The number of hydrogen-bond acceptors (Lipinski definition) is 5. The molecule has 2 aromatic rings. The fraction of sp³-hybridized carbons (Fsp3) is 0.250. The maximum atomic E-state index is 13.0. The summed E-state index contributed by atoms with van der Waals surface area (Å²) in [5, 5.41) is 0. The topological polar surface area (TPSA) is 69.7 Å². The van der Waals surface area contributed by atoms with Crippen LogP contribution in [0.15, 0.2) is 36.4 Å². The lowest BCUT2D eigenvalue weighted by Gasteiger charge is -2.14. The second-order valence-corrected chi connectivity index (χ2v) is 5.86.